The predicted octanol–water partition coefficient (Wildman–Crippen LogP) is -1.74. The van der Waals surface area contributed by atoms with Crippen LogP contribution in [0.15, 0.2) is 0 Å². The van der Waals surface area contributed by atoms with Crippen LogP contribution in [0.25, 0.3) is 0 Å². The molecule has 4 nitrogen and oxygen atoms in total. The normalized spacial score (nSPS) is 13.3. The molecule has 0 bridgehead atoms. The minimum atomic E-state index is -4.09. The smallest absolute Gasteiger partial charge is 0.748 e. The van der Waals surface area contributed by atoms with E-state index in [1.54, 1.807) is 0 Å². The van der Waals surface area contributed by atoms with Gasteiger partial charge in [-0.3, -0.25) is 0 Å². The van der Waals surface area contributed by atoms with E-state index in [2.05, 4.69) is 0 Å². The summed E-state index contributed by atoms with van der Waals surface area (Å²) in [6.07, 6.45) is 4.91. The standard InChI is InChI=1S/C9H20O4S.Na/c1-9(14(11,12)13)7-5-3-2-4-6-8-10;/h9-10H,2-8H2,1H3,(H,11,12,13);/q;+1/p-1. The Labute approximate surface area is 114 Å². The van der Waals surface area contributed by atoms with Gasteiger partial charge in [0.05, 0.1) is 10.1 Å². The molecule has 0 amide bonds. The minimum Gasteiger partial charge on any atom is -0.748 e. The fraction of sp³-hybridized carbons (Fsp3) is 1.00. The van der Waals surface area contributed by atoms with Crippen LogP contribution in [-0.4, -0.2) is 29.9 Å². The Morgan fingerprint density at radius 1 is 1.13 bits per heavy atom. The second-order valence-corrected chi connectivity index (χ2v) is 5.37. The van der Waals surface area contributed by atoms with Crippen molar-refractivity contribution in [2.45, 2.75) is 50.7 Å². The Balaban J connectivity index is 0. The molecular weight excluding hydrogens is 227 g/mol. The Morgan fingerprint density at radius 2 is 1.60 bits per heavy atom. The van der Waals surface area contributed by atoms with Crippen molar-refractivity contribution in [1.82, 2.24) is 0 Å². The van der Waals surface area contributed by atoms with Crippen LogP contribution in [0.1, 0.15) is 45.4 Å². The Bertz CT molecular complexity index is 228. The Morgan fingerprint density at radius 3 is 2.07 bits per heavy atom. The monoisotopic (exact) mass is 246 g/mol. The van der Waals surface area contributed by atoms with Crippen LogP contribution in [0, 0.1) is 0 Å². The Hall–Kier alpha value is 0.870. The molecule has 0 aliphatic rings. The zero-order chi connectivity index (χ0) is 11.0. The summed E-state index contributed by atoms with van der Waals surface area (Å²) in [4.78, 5) is 0. The first kappa shape index (κ1) is 18.2. The average molecular weight is 246 g/mol. The first-order chi connectivity index (χ1) is 6.48. The molecule has 0 aromatic heterocycles. The van der Waals surface area contributed by atoms with Crippen LogP contribution in [-0.2, 0) is 10.1 Å². The summed E-state index contributed by atoms with van der Waals surface area (Å²) in [5.74, 6) is 0. The van der Waals surface area contributed by atoms with Crippen LogP contribution in [0.2, 0.25) is 0 Å². The first-order valence-electron chi connectivity index (χ1n) is 5.04. The zero-order valence-electron chi connectivity index (χ0n) is 9.61. The SMILES string of the molecule is CC(CCCCCCCO)S(=O)(=O)[O-].[Na+]. The number of rotatable bonds is 8. The Kier molecular flexibility index (Phi) is 12.2. The zero-order valence-corrected chi connectivity index (χ0v) is 12.4. The third kappa shape index (κ3) is 11.1. The molecule has 1 N–H and O–H groups in total. The van der Waals surface area contributed by atoms with Gasteiger partial charge < -0.3 is 9.66 Å². The van der Waals surface area contributed by atoms with E-state index in [4.69, 9.17) is 5.11 Å². The molecule has 0 spiro atoms. The fourth-order valence-corrected chi connectivity index (χ4v) is 1.67. The molecule has 0 heterocycles. The molecule has 0 aliphatic carbocycles. The van der Waals surface area contributed by atoms with Gasteiger partial charge >= 0.3 is 29.6 Å². The van der Waals surface area contributed by atoms with Gasteiger partial charge in [0, 0.05) is 11.9 Å². The molecule has 0 saturated heterocycles. The molecule has 86 valence electrons. The van der Waals surface area contributed by atoms with Gasteiger partial charge in [-0.1, -0.05) is 25.7 Å². The summed E-state index contributed by atoms with van der Waals surface area (Å²) in [5.41, 5.74) is 0. The number of hydrogen-bond acceptors (Lipinski definition) is 4. The molecule has 1 atom stereocenters. The minimum absolute atomic E-state index is 0. The van der Waals surface area contributed by atoms with E-state index in [9.17, 15) is 13.0 Å². The second-order valence-electron chi connectivity index (χ2n) is 3.58. The van der Waals surface area contributed by atoms with E-state index in [0.717, 1.165) is 32.1 Å². The molecular formula is C9H19NaO4S. The third-order valence-electron chi connectivity index (χ3n) is 2.26. The van der Waals surface area contributed by atoms with Crippen molar-refractivity contribution in [3.8, 4) is 0 Å². The summed E-state index contributed by atoms with van der Waals surface area (Å²) in [5, 5.41) is 7.73. The summed E-state index contributed by atoms with van der Waals surface area (Å²) in [6.45, 7) is 1.67. The van der Waals surface area contributed by atoms with Crippen LogP contribution >= 0.6 is 0 Å². The number of hydrogen-bond donors (Lipinski definition) is 1. The number of aliphatic hydroxyl groups excluding tert-OH is 1. The van der Waals surface area contributed by atoms with Gasteiger partial charge in [0.2, 0.25) is 0 Å². The summed E-state index contributed by atoms with van der Waals surface area (Å²) in [7, 11) is -4.09. The maximum Gasteiger partial charge on any atom is 1.00 e. The van der Waals surface area contributed by atoms with Gasteiger partial charge in [-0.25, -0.2) is 8.42 Å². The van der Waals surface area contributed by atoms with Gasteiger partial charge in [-0.2, -0.15) is 0 Å². The molecule has 0 fully saturated rings. The van der Waals surface area contributed by atoms with Gasteiger partial charge in [-0.15, -0.1) is 0 Å². The van der Waals surface area contributed by atoms with Crippen molar-refractivity contribution in [2.24, 2.45) is 0 Å². The van der Waals surface area contributed by atoms with Gasteiger partial charge in [-0.05, 0) is 19.8 Å². The van der Waals surface area contributed by atoms with Gasteiger partial charge in [0.25, 0.3) is 0 Å². The second kappa shape index (κ2) is 10.1. The molecule has 0 saturated carbocycles. The summed E-state index contributed by atoms with van der Waals surface area (Å²) >= 11 is 0. The van der Waals surface area contributed by atoms with Crippen molar-refractivity contribution >= 4 is 10.1 Å². The van der Waals surface area contributed by atoms with E-state index in [1.807, 2.05) is 0 Å². The quantitative estimate of drug-likeness (QED) is 0.313. The van der Waals surface area contributed by atoms with E-state index in [-0.39, 0.29) is 36.2 Å². The molecule has 0 aromatic rings. The maximum atomic E-state index is 10.5. The van der Waals surface area contributed by atoms with Crippen LogP contribution < -0.4 is 29.6 Å². The van der Waals surface area contributed by atoms with Gasteiger partial charge in [0.15, 0.2) is 0 Å². The van der Waals surface area contributed by atoms with Crippen LogP contribution in [0.4, 0.5) is 0 Å². The van der Waals surface area contributed by atoms with Crippen molar-refractivity contribution in [3.05, 3.63) is 0 Å². The largest absolute Gasteiger partial charge is 1.00 e. The molecule has 1 unspecified atom stereocenters. The summed E-state index contributed by atoms with van der Waals surface area (Å²) < 4.78 is 31.5. The predicted molar refractivity (Wildman–Crippen MR) is 53.9 cm³/mol. The van der Waals surface area contributed by atoms with Crippen molar-refractivity contribution in [2.75, 3.05) is 6.61 Å². The molecule has 0 aromatic carbocycles. The van der Waals surface area contributed by atoms with Crippen molar-refractivity contribution in [3.63, 3.8) is 0 Å². The molecule has 6 heteroatoms. The van der Waals surface area contributed by atoms with Crippen molar-refractivity contribution in [1.29, 1.82) is 0 Å². The van der Waals surface area contributed by atoms with Gasteiger partial charge in [0.1, 0.15) is 0 Å². The fourth-order valence-electron chi connectivity index (χ4n) is 1.22. The molecule has 0 radical (unpaired) electrons. The average Bonchev–Trinajstić information content (AvgIpc) is 2.09. The van der Waals surface area contributed by atoms with E-state index in [0.29, 0.717) is 6.42 Å². The third-order valence-corrected chi connectivity index (χ3v) is 3.48. The number of aliphatic hydroxyl groups is 1. The van der Waals surface area contributed by atoms with Crippen LogP contribution in [0.5, 0.6) is 0 Å². The van der Waals surface area contributed by atoms with Crippen molar-refractivity contribution < 1.29 is 47.6 Å². The van der Waals surface area contributed by atoms with Crippen LogP contribution in [0.3, 0.4) is 0 Å². The molecule has 0 rings (SSSR count). The maximum absolute atomic E-state index is 10.5. The molecule has 0 aliphatic heterocycles. The topological polar surface area (TPSA) is 77.4 Å². The number of unbranched alkanes of at least 4 members (excludes halogenated alkanes) is 4. The molecule has 15 heavy (non-hydrogen) atoms. The van der Waals surface area contributed by atoms with E-state index in [1.165, 1.54) is 6.92 Å². The summed E-state index contributed by atoms with van der Waals surface area (Å²) in [6, 6.07) is 0. The first-order valence-corrected chi connectivity index (χ1v) is 6.51. The van der Waals surface area contributed by atoms with E-state index >= 15 is 0 Å². The van der Waals surface area contributed by atoms with E-state index < -0.39 is 15.4 Å².